The van der Waals surface area contributed by atoms with Crippen molar-refractivity contribution in [2.24, 2.45) is 0 Å². The van der Waals surface area contributed by atoms with E-state index in [4.69, 9.17) is 10.2 Å². The topological polar surface area (TPSA) is 64.9 Å². The van der Waals surface area contributed by atoms with Crippen molar-refractivity contribution in [2.75, 3.05) is 5.73 Å². The van der Waals surface area contributed by atoms with Gasteiger partial charge in [0.1, 0.15) is 15.4 Å². The SMILES string of the molecule is Cc1nc(C)c(-c2nc3c(N)scc3o2)s1. The molecule has 0 fully saturated rings. The van der Waals surface area contributed by atoms with Crippen LogP contribution in [0.2, 0.25) is 0 Å². The number of rotatable bonds is 1. The molecule has 82 valence electrons. The number of oxazole rings is 1. The van der Waals surface area contributed by atoms with Crippen LogP contribution in [0.5, 0.6) is 0 Å². The number of aryl methyl sites for hydroxylation is 2. The molecular formula is C10H9N3OS2. The molecule has 0 saturated heterocycles. The first-order chi connectivity index (χ1) is 7.65. The predicted octanol–water partition coefficient (Wildman–Crippen LogP) is 3.21. The van der Waals surface area contributed by atoms with Crippen LogP contribution >= 0.6 is 22.7 Å². The number of nitrogens with zero attached hydrogens (tertiary/aromatic N) is 2. The van der Waals surface area contributed by atoms with Crippen LogP contribution in [0.15, 0.2) is 9.80 Å². The van der Waals surface area contributed by atoms with Gasteiger partial charge in [0, 0.05) is 5.38 Å². The first-order valence-corrected chi connectivity index (χ1v) is 6.42. The van der Waals surface area contributed by atoms with E-state index in [1.807, 2.05) is 19.2 Å². The molecule has 6 heteroatoms. The fourth-order valence-electron chi connectivity index (χ4n) is 1.59. The second-order valence-corrected chi connectivity index (χ2v) is 5.59. The van der Waals surface area contributed by atoms with Gasteiger partial charge >= 0.3 is 0 Å². The van der Waals surface area contributed by atoms with Crippen molar-refractivity contribution in [3.63, 3.8) is 0 Å². The number of anilines is 1. The molecule has 16 heavy (non-hydrogen) atoms. The Morgan fingerprint density at radius 2 is 2.12 bits per heavy atom. The lowest BCUT2D eigenvalue weighted by Crippen LogP contribution is -1.80. The van der Waals surface area contributed by atoms with Crippen molar-refractivity contribution in [1.29, 1.82) is 0 Å². The molecule has 0 unspecified atom stereocenters. The summed E-state index contributed by atoms with van der Waals surface area (Å²) in [7, 11) is 0. The smallest absolute Gasteiger partial charge is 0.239 e. The summed E-state index contributed by atoms with van der Waals surface area (Å²) in [6, 6.07) is 0. The molecule has 0 aliphatic carbocycles. The molecule has 0 radical (unpaired) electrons. The van der Waals surface area contributed by atoms with Crippen molar-refractivity contribution in [2.45, 2.75) is 13.8 Å². The highest BCUT2D eigenvalue weighted by Gasteiger charge is 2.16. The Hall–Kier alpha value is -1.40. The molecule has 0 bridgehead atoms. The summed E-state index contributed by atoms with van der Waals surface area (Å²) in [6.07, 6.45) is 0. The number of nitrogens with two attached hydrogens (primary N) is 1. The number of nitrogen functional groups attached to an aromatic ring is 1. The lowest BCUT2D eigenvalue weighted by atomic mass is 10.4. The summed E-state index contributed by atoms with van der Waals surface area (Å²) < 4.78 is 5.66. The summed E-state index contributed by atoms with van der Waals surface area (Å²) in [5.74, 6) is 0.618. The van der Waals surface area contributed by atoms with Crippen LogP contribution in [-0.4, -0.2) is 9.97 Å². The maximum absolute atomic E-state index is 5.79. The van der Waals surface area contributed by atoms with E-state index in [2.05, 4.69) is 9.97 Å². The zero-order valence-electron chi connectivity index (χ0n) is 8.77. The van der Waals surface area contributed by atoms with Gasteiger partial charge in [0.2, 0.25) is 5.89 Å². The molecule has 0 aliphatic rings. The Labute approximate surface area is 99.8 Å². The van der Waals surface area contributed by atoms with Crippen LogP contribution in [0.1, 0.15) is 10.7 Å². The zero-order chi connectivity index (χ0) is 11.3. The quantitative estimate of drug-likeness (QED) is 0.721. The molecule has 0 saturated carbocycles. The Bertz CT molecular complexity index is 665. The minimum absolute atomic E-state index is 0.618. The van der Waals surface area contributed by atoms with Crippen molar-refractivity contribution in [3.05, 3.63) is 16.1 Å². The fourth-order valence-corrected chi connectivity index (χ4v) is 3.09. The number of hydrogen-bond donors (Lipinski definition) is 1. The third-order valence-corrected chi connectivity index (χ3v) is 4.12. The highest BCUT2D eigenvalue weighted by molar-refractivity contribution is 7.16. The number of hydrogen-bond acceptors (Lipinski definition) is 6. The van der Waals surface area contributed by atoms with Crippen molar-refractivity contribution in [1.82, 2.24) is 9.97 Å². The predicted molar refractivity (Wildman–Crippen MR) is 66.9 cm³/mol. The number of thiazole rings is 1. The molecule has 2 N–H and O–H groups in total. The molecule has 0 spiro atoms. The van der Waals surface area contributed by atoms with Crippen molar-refractivity contribution >= 4 is 38.8 Å². The van der Waals surface area contributed by atoms with E-state index < -0.39 is 0 Å². The zero-order valence-corrected chi connectivity index (χ0v) is 10.4. The van der Waals surface area contributed by atoms with Crippen molar-refractivity contribution in [3.8, 4) is 10.8 Å². The molecule has 4 nitrogen and oxygen atoms in total. The van der Waals surface area contributed by atoms with Gasteiger partial charge in [-0.05, 0) is 13.8 Å². The molecular weight excluding hydrogens is 242 g/mol. The highest BCUT2D eigenvalue weighted by Crippen LogP contribution is 2.35. The first-order valence-electron chi connectivity index (χ1n) is 4.73. The van der Waals surface area contributed by atoms with E-state index in [0.29, 0.717) is 10.9 Å². The van der Waals surface area contributed by atoms with Gasteiger partial charge in [-0.1, -0.05) is 0 Å². The minimum atomic E-state index is 0.618. The molecule has 3 rings (SSSR count). The molecule has 0 aliphatic heterocycles. The van der Waals surface area contributed by atoms with Gasteiger partial charge in [0.05, 0.1) is 10.7 Å². The number of aromatic nitrogens is 2. The molecule has 3 aromatic heterocycles. The van der Waals surface area contributed by atoms with E-state index in [1.165, 1.54) is 11.3 Å². The average molecular weight is 251 g/mol. The van der Waals surface area contributed by atoms with E-state index in [9.17, 15) is 0 Å². The van der Waals surface area contributed by atoms with Crippen LogP contribution in [0, 0.1) is 13.8 Å². The summed E-state index contributed by atoms with van der Waals surface area (Å²) in [5.41, 5.74) is 8.25. The molecule has 0 aromatic carbocycles. The van der Waals surface area contributed by atoms with Gasteiger partial charge in [-0.25, -0.2) is 9.97 Å². The summed E-state index contributed by atoms with van der Waals surface area (Å²) in [6.45, 7) is 3.93. The van der Waals surface area contributed by atoms with E-state index in [0.717, 1.165) is 26.7 Å². The Balaban J connectivity index is 2.22. The standard InChI is InChI=1S/C10H9N3OS2/c1-4-8(16-5(2)12-4)10-13-7-6(14-10)3-15-9(7)11/h3H,11H2,1-2H3. The van der Waals surface area contributed by atoms with Gasteiger partial charge in [0.15, 0.2) is 5.58 Å². The molecule has 3 aromatic rings. The Kier molecular flexibility index (Phi) is 2.02. The third-order valence-electron chi connectivity index (χ3n) is 2.28. The summed E-state index contributed by atoms with van der Waals surface area (Å²) in [4.78, 5) is 9.74. The van der Waals surface area contributed by atoms with Crippen LogP contribution in [-0.2, 0) is 0 Å². The Morgan fingerprint density at radius 1 is 1.31 bits per heavy atom. The second-order valence-electron chi connectivity index (χ2n) is 3.48. The average Bonchev–Trinajstić information content (AvgIpc) is 2.84. The van der Waals surface area contributed by atoms with E-state index in [1.54, 1.807) is 11.3 Å². The summed E-state index contributed by atoms with van der Waals surface area (Å²) in [5, 5.41) is 3.59. The maximum Gasteiger partial charge on any atom is 0.239 e. The van der Waals surface area contributed by atoms with Crippen LogP contribution in [0.3, 0.4) is 0 Å². The van der Waals surface area contributed by atoms with Crippen molar-refractivity contribution < 1.29 is 4.42 Å². The van der Waals surface area contributed by atoms with Gasteiger partial charge in [-0.2, -0.15) is 0 Å². The van der Waals surface area contributed by atoms with Crippen LogP contribution < -0.4 is 5.73 Å². The number of thiophene rings is 1. The van der Waals surface area contributed by atoms with Gasteiger partial charge < -0.3 is 10.2 Å². The first kappa shape index (κ1) is 9.80. The largest absolute Gasteiger partial charge is 0.434 e. The monoisotopic (exact) mass is 251 g/mol. The Morgan fingerprint density at radius 3 is 2.75 bits per heavy atom. The van der Waals surface area contributed by atoms with E-state index in [-0.39, 0.29) is 0 Å². The van der Waals surface area contributed by atoms with Crippen LogP contribution in [0.4, 0.5) is 5.00 Å². The molecule has 0 amide bonds. The lowest BCUT2D eigenvalue weighted by Gasteiger charge is -1.89. The molecule has 3 heterocycles. The normalized spacial score (nSPS) is 11.4. The maximum atomic E-state index is 5.79. The number of fused-ring (bicyclic) bond motifs is 1. The van der Waals surface area contributed by atoms with Gasteiger partial charge in [-0.15, -0.1) is 22.7 Å². The van der Waals surface area contributed by atoms with Crippen LogP contribution in [0.25, 0.3) is 21.9 Å². The third kappa shape index (κ3) is 1.34. The highest BCUT2D eigenvalue weighted by atomic mass is 32.1. The van der Waals surface area contributed by atoms with Gasteiger partial charge in [-0.3, -0.25) is 0 Å². The van der Waals surface area contributed by atoms with E-state index >= 15 is 0 Å². The fraction of sp³-hybridized carbons (Fsp3) is 0.200. The second kappa shape index (κ2) is 3.29. The lowest BCUT2D eigenvalue weighted by molar-refractivity contribution is 0.622. The summed E-state index contributed by atoms with van der Waals surface area (Å²) >= 11 is 3.03. The molecule has 0 atom stereocenters. The van der Waals surface area contributed by atoms with Gasteiger partial charge in [0.25, 0.3) is 0 Å². The minimum Gasteiger partial charge on any atom is -0.434 e.